The third-order valence-electron chi connectivity index (χ3n) is 5.20. The summed E-state index contributed by atoms with van der Waals surface area (Å²) < 4.78 is 6.78. The van der Waals surface area contributed by atoms with Crippen LogP contribution in [0, 0.1) is 0 Å². The Balaban J connectivity index is 1.63. The van der Waals surface area contributed by atoms with Crippen molar-refractivity contribution in [2.24, 2.45) is 0 Å². The largest absolute Gasteiger partial charge is 0.383 e. The Bertz CT molecular complexity index is 720. The van der Waals surface area contributed by atoms with E-state index in [-0.39, 0.29) is 17.0 Å². The molecule has 6 heteroatoms. The molecule has 1 aromatic heterocycles. The van der Waals surface area contributed by atoms with Crippen LogP contribution in [0.4, 0.5) is 10.6 Å². The average Bonchev–Trinajstić information content (AvgIpc) is 3.26. The molecule has 0 spiro atoms. The summed E-state index contributed by atoms with van der Waals surface area (Å²) in [6.07, 6.45) is 3.78. The Kier molecular flexibility index (Phi) is 4.81. The van der Waals surface area contributed by atoms with Crippen LogP contribution in [0.25, 0.3) is 0 Å². The van der Waals surface area contributed by atoms with Crippen molar-refractivity contribution in [3.05, 3.63) is 48.2 Å². The number of aromatic nitrogens is 2. The average molecular weight is 342 g/mol. The first kappa shape index (κ1) is 17.5. The lowest BCUT2D eigenvalue weighted by Crippen LogP contribution is -2.51. The maximum Gasteiger partial charge on any atom is 0.320 e. The highest BCUT2D eigenvalue weighted by Gasteiger charge is 2.56. The quantitative estimate of drug-likeness (QED) is 0.812. The minimum absolute atomic E-state index is 0.135. The van der Waals surface area contributed by atoms with E-state index in [4.69, 9.17) is 4.74 Å². The van der Waals surface area contributed by atoms with Gasteiger partial charge in [-0.05, 0) is 18.4 Å². The number of benzene rings is 1. The second-order valence-corrected chi connectivity index (χ2v) is 7.11. The van der Waals surface area contributed by atoms with Crippen molar-refractivity contribution in [3.8, 4) is 0 Å². The lowest BCUT2D eigenvalue weighted by molar-refractivity contribution is 0.183. The molecule has 2 amide bonds. The van der Waals surface area contributed by atoms with Crippen LogP contribution in [-0.2, 0) is 16.7 Å². The summed E-state index contributed by atoms with van der Waals surface area (Å²) in [6.45, 7) is 5.62. The fraction of sp³-hybridized carbons (Fsp3) is 0.474. The van der Waals surface area contributed by atoms with Crippen LogP contribution in [0.1, 0.15) is 32.3 Å². The van der Waals surface area contributed by atoms with Gasteiger partial charge in [0.05, 0.1) is 18.7 Å². The summed E-state index contributed by atoms with van der Waals surface area (Å²) >= 11 is 0. The van der Waals surface area contributed by atoms with Crippen LogP contribution in [0.15, 0.2) is 42.6 Å². The first-order valence-corrected chi connectivity index (χ1v) is 8.64. The van der Waals surface area contributed by atoms with Crippen LogP contribution in [-0.4, -0.2) is 35.1 Å². The maximum atomic E-state index is 12.5. The number of nitrogens with zero attached hydrogens (tertiary/aromatic N) is 2. The van der Waals surface area contributed by atoms with Crippen molar-refractivity contribution in [3.63, 3.8) is 0 Å². The van der Waals surface area contributed by atoms with Crippen LogP contribution in [0.5, 0.6) is 0 Å². The molecule has 6 nitrogen and oxygen atoms in total. The maximum absolute atomic E-state index is 12.5. The fourth-order valence-corrected chi connectivity index (χ4v) is 3.26. The van der Waals surface area contributed by atoms with Gasteiger partial charge in [0.15, 0.2) is 5.82 Å². The Morgan fingerprint density at radius 3 is 2.64 bits per heavy atom. The van der Waals surface area contributed by atoms with Gasteiger partial charge >= 0.3 is 6.03 Å². The number of carbonyl (C=O) groups is 1. The summed E-state index contributed by atoms with van der Waals surface area (Å²) in [7, 11) is 1.65. The molecule has 3 rings (SSSR count). The van der Waals surface area contributed by atoms with Crippen molar-refractivity contribution in [2.75, 3.05) is 19.0 Å². The predicted octanol–water partition coefficient (Wildman–Crippen LogP) is 3.16. The van der Waals surface area contributed by atoms with Crippen molar-refractivity contribution in [1.82, 2.24) is 15.1 Å². The lowest BCUT2D eigenvalue weighted by atomic mass is 9.75. The number of ether oxygens (including phenoxy) is 1. The van der Waals surface area contributed by atoms with Crippen LogP contribution >= 0.6 is 0 Å². The van der Waals surface area contributed by atoms with E-state index < -0.39 is 0 Å². The molecule has 0 bridgehead atoms. The third kappa shape index (κ3) is 3.69. The Hall–Kier alpha value is -2.34. The van der Waals surface area contributed by atoms with Gasteiger partial charge < -0.3 is 10.1 Å². The molecule has 0 unspecified atom stereocenters. The van der Waals surface area contributed by atoms with Crippen LogP contribution in [0.3, 0.4) is 0 Å². The van der Waals surface area contributed by atoms with E-state index in [0.29, 0.717) is 19.0 Å². The number of rotatable bonds is 7. The van der Waals surface area contributed by atoms with Gasteiger partial charge in [-0.2, -0.15) is 5.10 Å². The van der Waals surface area contributed by atoms with E-state index in [1.54, 1.807) is 17.9 Å². The van der Waals surface area contributed by atoms with Crippen LogP contribution < -0.4 is 10.6 Å². The molecule has 1 aliphatic carbocycles. The number of anilines is 1. The smallest absolute Gasteiger partial charge is 0.320 e. The van der Waals surface area contributed by atoms with E-state index in [9.17, 15) is 4.79 Å². The number of nitrogens with one attached hydrogen (secondary N) is 2. The zero-order chi connectivity index (χ0) is 17.9. The van der Waals surface area contributed by atoms with Crippen molar-refractivity contribution < 1.29 is 9.53 Å². The standard InChI is InChI=1S/C19H26N4O2/c1-18(2,15-7-5-4-6-8-15)19(10-11-19)21-17(24)20-16-9-12-23(22-16)13-14-25-3/h4-9,12H,10-11,13-14H2,1-3H3,(H2,20,21,22,24). The Morgan fingerprint density at radius 2 is 2.00 bits per heavy atom. The minimum atomic E-state index is -0.211. The Labute approximate surface area is 148 Å². The summed E-state index contributed by atoms with van der Waals surface area (Å²) in [6, 6.07) is 11.9. The minimum Gasteiger partial charge on any atom is -0.383 e. The second kappa shape index (κ2) is 6.88. The molecule has 0 aliphatic heterocycles. The number of urea groups is 1. The Morgan fingerprint density at radius 1 is 1.28 bits per heavy atom. The van der Waals surface area contributed by atoms with Crippen molar-refractivity contribution >= 4 is 11.8 Å². The van der Waals surface area contributed by atoms with E-state index in [1.807, 2.05) is 24.4 Å². The molecular formula is C19H26N4O2. The predicted molar refractivity (Wildman–Crippen MR) is 97.7 cm³/mol. The van der Waals surface area contributed by atoms with E-state index >= 15 is 0 Å². The first-order valence-electron chi connectivity index (χ1n) is 8.64. The molecular weight excluding hydrogens is 316 g/mol. The molecule has 1 saturated carbocycles. The number of carbonyl (C=O) groups excluding carboxylic acids is 1. The second-order valence-electron chi connectivity index (χ2n) is 7.11. The summed E-state index contributed by atoms with van der Waals surface area (Å²) in [5, 5.41) is 10.3. The molecule has 1 aromatic carbocycles. The number of amides is 2. The van der Waals surface area contributed by atoms with E-state index in [0.717, 1.165) is 12.8 Å². The van der Waals surface area contributed by atoms with Gasteiger partial charge in [-0.25, -0.2) is 4.79 Å². The lowest BCUT2D eigenvalue weighted by Gasteiger charge is -2.36. The normalized spacial score (nSPS) is 15.6. The van der Waals surface area contributed by atoms with Crippen molar-refractivity contribution in [1.29, 1.82) is 0 Å². The highest BCUT2D eigenvalue weighted by atomic mass is 16.5. The highest BCUT2D eigenvalue weighted by molar-refractivity contribution is 5.89. The molecule has 25 heavy (non-hydrogen) atoms. The van der Waals surface area contributed by atoms with Crippen molar-refractivity contribution in [2.45, 2.75) is 44.2 Å². The summed E-state index contributed by atoms with van der Waals surface area (Å²) in [5.41, 5.74) is 0.886. The summed E-state index contributed by atoms with van der Waals surface area (Å²) in [4.78, 5) is 12.5. The van der Waals surface area contributed by atoms with Gasteiger partial charge in [0.1, 0.15) is 0 Å². The van der Waals surface area contributed by atoms with Gasteiger partial charge in [-0.3, -0.25) is 10.00 Å². The molecule has 2 N–H and O–H groups in total. The molecule has 134 valence electrons. The monoisotopic (exact) mass is 342 g/mol. The van der Waals surface area contributed by atoms with Gasteiger partial charge in [-0.1, -0.05) is 44.2 Å². The van der Waals surface area contributed by atoms with E-state index in [1.165, 1.54) is 5.56 Å². The molecule has 0 saturated heterocycles. The third-order valence-corrected chi connectivity index (χ3v) is 5.20. The highest BCUT2D eigenvalue weighted by Crippen LogP contribution is 2.51. The first-order chi connectivity index (χ1) is 12.0. The summed E-state index contributed by atoms with van der Waals surface area (Å²) in [5.74, 6) is 0.543. The molecule has 1 heterocycles. The fourth-order valence-electron chi connectivity index (χ4n) is 3.26. The number of methoxy groups -OCH3 is 1. The van der Waals surface area contributed by atoms with Crippen LogP contribution in [0.2, 0.25) is 0 Å². The molecule has 0 radical (unpaired) electrons. The number of hydrogen-bond donors (Lipinski definition) is 2. The van der Waals surface area contributed by atoms with Gasteiger partial charge in [-0.15, -0.1) is 0 Å². The van der Waals surface area contributed by atoms with Gasteiger partial charge in [0.2, 0.25) is 0 Å². The number of hydrogen-bond acceptors (Lipinski definition) is 3. The van der Waals surface area contributed by atoms with Gasteiger partial charge in [0.25, 0.3) is 0 Å². The molecule has 1 fully saturated rings. The SMILES string of the molecule is COCCn1ccc(NC(=O)NC2(C(C)(C)c3ccccc3)CC2)n1. The van der Waals surface area contributed by atoms with E-state index in [2.05, 4.69) is 41.7 Å². The molecule has 0 atom stereocenters. The molecule has 1 aliphatic rings. The topological polar surface area (TPSA) is 68.2 Å². The molecule has 2 aromatic rings. The van der Waals surface area contributed by atoms with Gasteiger partial charge in [0, 0.05) is 24.8 Å². The zero-order valence-electron chi connectivity index (χ0n) is 15.1. The zero-order valence-corrected chi connectivity index (χ0v) is 15.1.